The fourth-order valence-corrected chi connectivity index (χ4v) is 4.08. The summed E-state index contributed by atoms with van der Waals surface area (Å²) >= 11 is 0. The third-order valence-corrected chi connectivity index (χ3v) is 5.91. The number of aromatic nitrogens is 1. The monoisotopic (exact) mass is 568 g/mol. The van der Waals surface area contributed by atoms with Gasteiger partial charge in [-0.3, -0.25) is 9.79 Å². The highest BCUT2D eigenvalue weighted by atomic mass is 127. The maximum atomic E-state index is 12.0. The number of hydrogen-bond acceptors (Lipinski definition) is 4. The van der Waals surface area contributed by atoms with E-state index in [0.29, 0.717) is 6.54 Å². The summed E-state index contributed by atoms with van der Waals surface area (Å²) in [5.41, 5.74) is 2.11. The van der Waals surface area contributed by atoms with Gasteiger partial charge in [0.1, 0.15) is 0 Å². The molecule has 2 aromatic rings. The van der Waals surface area contributed by atoms with Crippen molar-refractivity contribution in [3.8, 4) is 11.5 Å². The molecule has 0 aliphatic heterocycles. The lowest BCUT2D eigenvalue weighted by Gasteiger charge is -2.20. The molecule has 1 saturated carbocycles. The molecule has 0 radical (unpaired) electrons. The number of para-hydroxylation sites is 1. The molecule has 0 unspecified atom stereocenters. The Morgan fingerprint density at radius 3 is 2.58 bits per heavy atom. The van der Waals surface area contributed by atoms with Crippen LogP contribution in [-0.4, -0.2) is 37.3 Å². The Bertz CT molecular complexity index is 955. The molecule has 0 spiro atoms. The zero-order valence-electron chi connectivity index (χ0n) is 19.9. The fourth-order valence-electron chi connectivity index (χ4n) is 4.08. The van der Waals surface area contributed by atoms with E-state index in [2.05, 4.69) is 21.7 Å². The van der Waals surface area contributed by atoms with E-state index in [1.54, 1.807) is 26.3 Å². The molecule has 182 valence electrons. The molecule has 1 heterocycles. The van der Waals surface area contributed by atoms with Crippen molar-refractivity contribution in [2.75, 3.05) is 20.7 Å². The molecule has 7 nitrogen and oxygen atoms in total. The Kier molecular flexibility index (Phi) is 11.6. The fraction of sp³-hybridized carbons (Fsp3) is 0.520. The number of rotatable bonds is 10. The van der Waals surface area contributed by atoms with E-state index in [-0.39, 0.29) is 35.6 Å². The van der Waals surface area contributed by atoms with E-state index in [1.807, 2.05) is 29.7 Å². The SMILES string of the molecule is CN=C(NCCCCn1c(C)cccc1=O)NCc1cccc(OC)c1OC1CCCC1.I. The van der Waals surface area contributed by atoms with Crippen molar-refractivity contribution in [1.29, 1.82) is 0 Å². The molecule has 1 aromatic heterocycles. The summed E-state index contributed by atoms with van der Waals surface area (Å²) in [5.74, 6) is 2.34. The number of hydrogen-bond donors (Lipinski definition) is 2. The Morgan fingerprint density at radius 1 is 1.12 bits per heavy atom. The van der Waals surface area contributed by atoms with Gasteiger partial charge in [0.25, 0.3) is 5.56 Å². The number of aliphatic imine (C=N–C) groups is 1. The molecular weight excluding hydrogens is 531 g/mol. The van der Waals surface area contributed by atoms with Gasteiger partial charge in [0.05, 0.1) is 13.2 Å². The minimum atomic E-state index is 0. The standard InChI is InChI=1S/C25H36N4O3.HI/c1-19-10-8-15-23(30)29(19)17-7-6-16-27-25(26-2)28-18-20-11-9-14-22(31-3)24(20)32-21-12-4-5-13-21;/h8-11,14-15,21H,4-7,12-13,16-18H2,1-3H3,(H2,26,27,28);1H. The number of pyridine rings is 1. The number of unbranched alkanes of at least 4 members (excludes halogenated alkanes) is 1. The van der Waals surface area contributed by atoms with Crippen molar-refractivity contribution in [3.05, 3.63) is 58.0 Å². The predicted molar refractivity (Wildman–Crippen MR) is 144 cm³/mol. The maximum Gasteiger partial charge on any atom is 0.250 e. The number of nitrogens with one attached hydrogen (secondary N) is 2. The molecule has 0 amide bonds. The van der Waals surface area contributed by atoms with Crippen molar-refractivity contribution < 1.29 is 9.47 Å². The molecular formula is C25H37IN4O3. The van der Waals surface area contributed by atoms with Crippen LogP contribution in [0.25, 0.3) is 0 Å². The molecule has 0 bridgehead atoms. The highest BCUT2D eigenvalue weighted by Gasteiger charge is 2.20. The molecule has 8 heteroatoms. The first-order valence-corrected chi connectivity index (χ1v) is 11.6. The topological polar surface area (TPSA) is 76.9 Å². The second kappa shape index (κ2) is 14.1. The van der Waals surface area contributed by atoms with Crippen molar-refractivity contribution in [2.45, 2.75) is 64.6 Å². The number of benzene rings is 1. The third kappa shape index (κ3) is 7.94. The van der Waals surface area contributed by atoms with Crippen molar-refractivity contribution in [2.24, 2.45) is 4.99 Å². The first-order valence-electron chi connectivity index (χ1n) is 11.6. The van der Waals surface area contributed by atoms with E-state index in [0.717, 1.165) is 67.5 Å². The third-order valence-electron chi connectivity index (χ3n) is 5.91. The van der Waals surface area contributed by atoms with Gasteiger partial charge in [0, 0.05) is 44.0 Å². The summed E-state index contributed by atoms with van der Waals surface area (Å²) in [7, 11) is 3.45. The summed E-state index contributed by atoms with van der Waals surface area (Å²) in [4.78, 5) is 16.3. The van der Waals surface area contributed by atoms with Crippen LogP contribution in [0, 0.1) is 6.92 Å². The maximum absolute atomic E-state index is 12.0. The van der Waals surface area contributed by atoms with Gasteiger partial charge in [0.2, 0.25) is 0 Å². The van der Waals surface area contributed by atoms with Gasteiger partial charge in [-0.2, -0.15) is 0 Å². The summed E-state index contributed by atoms with van der Waals surface area (Å²) < 4.78 is 13.7. The molecule has 1 aliphatic carbocycles. The van der Waals surface area contributed by atoms with E-state index >= 15 is 0 Å². The molecule has 3 rings (SSSR count). The second-order valence-electron chi connectivity index (χ2n) is 8.19. The average molecular weight is 569 g/mol. The van der Waals surface area contributed by atoms with Crippen LogP contribution in [0.15, 0.2) is 46.2 Å². The van der Waals surface area contributed by atoms with Crippen LogP contribution < -0.4 is 25.7 Å². The molecule has 33 heavy (non-hydrogen) atoms. The Hall–Kier alpha value is -2.23. The van der Waals surface area contributed by atoms with Crippen molar-refractivity contribution in [1.82, 2.24) is 15.2 Å². The van der Waals surface area contributed by atoms with Gasteiger partial charge in [-0.05, 0) is 57.6 Å². The first kappa shape index (κ1) is 27.0. The molecule has 1 fully saturated rings. The van der Waals surface area contributed by atoms with E-state index in [4.69, 9.17) is 9.47 Å². The van der Waals surface area contributed by atoms with Gasteiger partial charge in [-0.1, -0.05) is 18.2 Å². The number of ether oxygens (including phenoxy) is 2. The highest BCUT2D eigenvalue weighted by molar-refractivity contribution is 14.0. The molecule has 1 aliphatic rings. The van der Waals surface area contributed by atoms with Crippen molar-refractivity contribution in [3.63, 3.8) is 0 Å². The lowest BCUT2D eigenvalue weighted by atomic mass is 10.1. The van der Waals surface area contributed by atoms with Crippen LogP contribution in [0.4, 0.5) is 0 Å². The largest absolute Gasteiger partial charge is 0.493 e. The van der Waals surface area contributed by atoms with Gasteiger partial charge in [-0.25, -0.2) is 0 Å². The van der Waals surface area contributed by atoms with E-state index < -0.39 is 0 Å². The Balaban J connectivity index is 0.00000385. The van der Waals surface area contributed by atoms with Crippen LogP contribution in [0.1, 0.15) is 49.8 Å². The quantitative estimate of drug-likeness (QED) is 0.194. The average Bonchev–Trinajstić information content (AvgIpc) is 3.31. The van der Waals surface area contributed by atoms with Gasteiger partial charge in [-0.15, -0.1) is 24.0 Å². The normalized spacial score (nSPS) is 14.0. The molecule has 0 saturated heterocycles. The molecule has 1 aromatic carbocycles. The molecule has 0 atom stereocenters. The van der Waals surface area contributed by atoms with Crippen LogP contribution >= 0.6 is 24.0 Å². The zero-order chi connectivity index (χ0) is 22.8. The summed E-state index contributed by atoms with van der Waals surface area (Å²) in [6.45, 7) is 4.07. The van der Waals surface area contributed by atoms with Crippen LogP contribution in [0.3, 0.4) is 0 Å². The Morgan fingerprint density at radius 2 is 1.88 bits per heavy atom. The van der Waals surface area contributed by atoms with E-state index in [1.165, 1.54) is 12.8 Å². The minimum Gasteiger partial charge on any atom is -0.493 e. The number of halogens is 1. The summed E-state index contributed by atoms with van der Waals surface area (Å²) in [6.07, 6.45) is 6.78. The Labute approximate surface area is 214 Å². The smallest absolute Gasteiger partial charge is 0.250 e. The number of guanidine groups is 1. The van der Waals surface area contributed by atoms with Gasteiger partial charge >= 0.3 is 0 Å². The first-order chi connectivity index (χ1) is 15.6. The second-order valence-corrected chi connectivity index (χ2v) is 8.19. The number of aryl methyl sites for hydroxylation is 1. The summed E-state index contributed by atoms with van der Waals surface area (Å²) in [5, 5.41) is 6.73. The zero-order valence-corrected chi connectivity index (χ0v) is 22.3. The van der Waals surface area contributed by atoms with Gasteiger partial charge < -0.3 is 24.7 Å². The lowest BCUT2D eigenvalue weighted by molar-refractivity contribution is 0.198. The highest BCUT2D eigenvalue weighted by Crippen LogP contribution is 2.34. The van der Waals surface area contributed by atoms with E-state index in [9.17, 15) is 4.79 Å². The van der Waals surface area contributed by atoms with Crippen molar-refractivity contribution >= 4 is 29.9 Å². The number of nitrogens with zero attached hydrogens (tertiary/aromatic N) is 2. The summed E-state index contributed by atoms with van der Waals surface area (Å²) in [6, 6.07) is 11.4. The minimum absolute atomic E-state index is 0. The van der Waals surface area contributed by atoms with Crippen LogP contribution in [0.5, 0.6) is 11.5 Å². The lowest BCUT2D eigenvalue weighted by Crippen LogP contribution is -2.37. The molecule has 2 N–H and O–H groups in total. The van der Waals surface area contributed by atoms with Gasteiger partial charge in [0.15, 0.2) is 17.5 Å². The van der Waals surface area contributed by atoms with Crippen LogP contribution in [0.2, 0.25) is 0 Å². The number of methoxy groups -OCH3 is 1. The van der Waals surface area contributed by atoms with Crippen LogP contribution in [-0.2, 0) is 13.1 Å². The predicted octanol–water partition coefficient (Wildman–Crippen LogP) is 4.25.